The largest absolute Gasteiger partial charge is 0.478 e. The Kier molecular flexibility index (Phi) is 3.58. The van der Waals surface area contributed by atoms with Gasteiger partial charge in [-0.25, -0.2) is 4.79 Å². The first-order chi connectivity index (χ1) is 8.56. The smallest absolute Gasteiger partial charge is 0.335 e. The molecule has 0 aliphatic rings. The van der Waals surface area contributed by atoms with E-state index in [9.17, 15) is 4.79 Å². The van der Waals surface area contributed by atoms with Gasteiger partial charge in [-0.15, -0.1) is 0 Å². The minimum absolute atomic E-state index is 0.249. The van der Waals surface area contributed by atoms with E-state index >= 15 is 0 Å². The van der Waals surface area contributed by atoms with Gasteiger partial charge in [-0.1, -0.05) is 29.5 Å². The summed E-state index contributed by atoms with van der Waals surface area (Å²) in [4.78, 5) is 12.7. The molecule has 18 heavy (non-hydrogen) atoms. The zero-order valence-corrected chi connectivity index (χ0v) is 10.7. The molecule has 92 valence electrons. The molecule has 0 spiro atoms. The van der Waals surface area contributed by atoms with Gasteiger partial charge in [0.15, 0.2) is 0 Å². The SMILES string of the molecule is Cc1cccc(Sc2cc(C(=O)O)ccc2N)c1. The van der Waals surface area contributed by atoms with E-state index in [1.165, 1.54) is 17.8 Å². The molecule has 4 heteroatoms. The van der Waals surface area contributed by atoms with Gasteiger partial charge in [0.2, 0.25) is 0 Å². The van der Waals surface area contributed by atoms with E-state index in [0.717, 1.165) is 15.4 Å². The molecule has 0 saturated carbocycles. The molecule has 2 aromatic rings. The van der Waals surface area contributed by atoms with Crippen LogP contribution in [0.15, 0.2) is 52.3 Å². The Morgan fingerprint density at radius 2 is 2.00 bits per heavy atom. The number of benzene rings is 2. The standard InChI is InChI=1S/C14H13NO2S/c1-9-3-2-4-11(7-9)18-13-8-10(14(16)17)5-6-12(13)15/h2-8H,15H2,1H3,(H,16,17). The van der Waals surface area contributed by atoms with Crippen molar-refractivity contribution in [3.63, 3.8) is 0 Å². The third kappa shape index (κ3) is 2.84. The van der Waals surface area contributed by atoms with Crippen molar-refractivity contribution in [1.82, 2.24) is 0 Å². The van der Waals surface area contributed by atoms with Crippen LogP contribution >= 0.6 is 11.8 Å². The van der Waals surface area contributed by atoms with Crippen LogP contribution < -0.4 is 5.73 Å². The van der Waals surface area contributed by atoms with E-state index in [1.807, 2.05) is 31.2 Å². The van der Waals surface area contributed by atoms with E-state index in [4.69, 9.17) is 10.8 Å². The number of hydrogen-bond donors (Lipinski definition) is 2. The van der Waals surface area contributed by atoms with Crippen LogP contribution in [0.4, 0.5) is 5.69 Å². The quantitative estimate of drug-likeness (QED) is 0.829. The van der Waals surface area contributed by atoms with Gasteiger partial charge in [-0.05, 0) is 37.3 Å². The third-order valence-electron chi connectivity index (χ3n) is 2.48. The summed E-state index contributed by atoms with van der Waals surface area (Å²) in [5.41, 5.74) is 7.86. The second kappa shape index (κ2) is 5.14. The molecular formula is C14H13NO2S. The van der Waals surface area contributed by atoms with Crippen LogP contribution in [-0.4, -0.2) is 11.1 Å². The molecule has 0 fully saturated rings. The number of rotatable bonds is 3. The van der Waals surface area contributed by atoms with Crippen molar-refractivity contribution in [1.29, 1.82) is 0 Å². The van der Waals surface area contributed by atoms with Gasteiger partial charge in [0.1, 0.15) is 0 Å². The molecule has 2 aromatic carbocycles. The molecule has 3 nitrogen and oxygen atoms in total. The summed E-state index contributed by atoms with van der Waals surface area (Å²) < 4.78 is 0. The van der Waals surface area contributed by atoms with Gasteiger partial charge in [0.05, 0.1) is 5.56 Å². The average Bonchev–Trinajstić information content (AvgIpc) is 2.31. The highest BCUT2D eigenvalue weighted by atomic mass is 32.2. The predicted molar refractivity (Wildman–Crippen MR) is 73.1 cm³/mol. The van der Waals surface area contributed by atoms with Crippen molar-refractivity contribution in [2.75, 3.05) is 5.73 Å². The summed E-state index contributed by atoms with van der Waals surface area (Å²) in [6.07, 6.45) is 0. The van der Waals surface area contributed by atoms with Crippen molar-refractivity contribution in [3.05, 3.63) is 53.6 Å². The molecule has 3 N–H and O–H groups in total. The maximum absolute atomic E-state index is 10.9. The molecule has 0 amide bonds. The number of carbonyl (C=O) groups is 1. The first-order valence-corrected chi connectivity index (χ1v) is 6.25. The lowest BCUT2D eigenvalue weighted by atomic mass is 10.2. The van der Waals surface area contributed by atoms with Gasteiger partial charge in [0.25, 0.3) is 0 Å². The minimum atomic E-state index is -0.943. The van der Waals surface area contributed by atoms with E-state index < -0.39 is 5.97 Å². The Bertz CT molecular complexity index is 596. The Hall–Kier alpha value is -1.94. The lowest BCUT2D eigenvalue weighted by molar-refractivity contribution is 0.0696. The second-order valence-electron chi connectivity index (χ2n) is 3.98. The summed E-state index contributed by atoms with van der Waals surface area (Å²) in [5, 5.41) is 8.96. The van der Waals surface area contributed by atoms with Gasteiger partial charge in [0, 0.05) is 15.5 Å². The second-order valence-corrected chi connectivity index (χ2v) is 5.09. The minimum Gasteiger partial charge on any atom is -0.478 e. The fourth-order valence-electron chi connectivity index (χ4n) is 1.56. The molecule has 0 aliphatic carbocycles. The third-order valence-corrected chi connectivity index (χ3v) is 3.54. The van der Waals surface area contributed by atoms with Crippen LogP contribution in [0.25, 0.3) is 0 Å². The maximum atomic E-state index is 10.9. The number of nitrogens with two attached hydrogens (primary N) is 1. The number of anilines is 1. The van der Waals surface area contributed by atoms with Crippen LogP contribution in [0.2, 0.25) is 0 Å². The molecule has 2 rings (SSSR count). The zero-order valence-electron chi connectivity index (χ0n) is 9.88. The van der Waals surface area contributed by atoms with Gasteiger partial charge in [-0.3, -0.25) is 0 Å². The number of aryl methyl sites for hydroxylation is 1. The summed E-state index contributed by atoms with van der Waals surface area (Å²) in [6, 6.07) is 12.7. The maximum Gasteiger partial charge on any atom is 0.335 e. The van der Waals surface area contributed by atoms with Crippen molar-refractivity contribution in [2.45, 2.75) is 16.7 Å². The van der Waals surface area contributed by atoms with Crippen LogP contribution in [0.1, 0.15) is 15.9 Å². The van der Waals surface area contributed by atoms with E-state index in [2.05, 4.69) is 0 Å². The number of carboxylic acids is 1. The normalized spacial score (nSPS) is 10.3. The number of nitrogen functional groups attached to an aromatic ring is 1. The van der Waals surface area contributed by atoms with E-state index in [1.54, 1.807) is 12.1 Å². The van der Waals surface area contributed by atoms with Crippen molar-refractivity contribution in [2.24, 2.45) is 0 Å². The number of carboxylic acid groups (broad SMARTS) is 1. The molecule has 0 atom stereocenters. The fraction of sp³-hybridized carbons (Fsp3) is 0.0714. The summed E-state index contributed by atoms with van der Waals surface area (Å²) in [7, 11) is 0. The topological polar surface area (TPSA) is 63.3 Å². The number of hydrogen-bond acceptors (Lipinski definition) is 3. The Morgan fingerprint density at radius 1 is 1.22 bits per heavy atom. The van der Waals surface area contributed by atoms with Crippen molar-refractivity contribution in [3.8, 4) is 0 Å². The zero-order chi connectivity index (χ0) is 13.1. The van der Waals surface area contributed by atoms with Crippen LogP contribution in [0, 0.1) is 6.92 Å². The first kappa shape index (κ1) is 12.5. The first-order valence-electron chi connectivity index (χ1n) is 5.43. The van der Waals surface area contributed by atoms with E-state index in [-0.39, 0.29) is 5.56 Å². The highest BCUT2D eigenvalue weighted by molar-refractivity contribution is 7.99. The molecule has 0 saturated heterocycles. The van der Waals surface area contributed by atoms with Crippen LogP contribution in [-0.2, 0) is 0 Å². The monoisotopic (exact) mass is 259 g/mol. The molecule has 0 aliphatic heterocycles. The van der Waals surface area contributed by atoms with Gasteiger partial charge < -0.3 is 10.8 Å². The van der Waals surface area contributed by atoms with Crippen LogP contribution in [0.5, 0.6) is 0 Å². The van der Waals surface area contributed by atoms with Crippen molar-refractivity contribution < 1.29 is 9.90 Å². The highest BCUT2D eigenvalue weighted by Crippen LogP contribution is 2.33. The molecular weight excluding hydrogens is 246 g/mol. The Morgan fingerprint density at radius 3 is 2.67 bits per heavy atom. The predicted octanol–water partition coefficient (Wildman–Crippen LogP) is 3.43. The van der Waals surface area contributed by atoms with E-state index in [0.29, 0.717) is 5.69 Å². The average molecular weight is 259 g/mol. The summed E-state index contributed by atoms with van der Waals surface area (Å²) >= 11 is 1.47. The van der Waals surface area contributed by atoms with Gasteiger partial charge in [-0.2, -0.15) is 0 Å². The van der Waals surface area contributed by atoms with Crippen molar-refractivity contribution >= 4 is 23.4 Å². The molecule has 0 aromatic heterocycles. The molecule has 0 bridgehead atoms. The Labute approximate surface area is 110 Å². The number of aromatic carboxylic acids is 1. The fourth-order valence-corrected chi connectivity index (χ4v) is 2.58. The van der Waals surface area contributed by atoms with Crippen LogP contribution in [0.3, 0.4) is 0 Å². The lowest BCUT2D eigenvalue weighted by Gasteiger charge is -2.07. The Balaban J connectivity index is 2.33. The highest BCUT2D eigenvalue weighted by Gasteiger charge is 2.08. The molecule has 0 radical (unpaired) electrons. The lowest BCUT2D eigenvalue weighted by Crippen LogP contribution is -1.98. The summed E-state index contributed by atoms with van der Waals surface area (Å²) in [6.45, 7) is 2.01. The molecule has 0 unspecified atom stereocenters. The summed E-state index contributed by atoms with van der Waals surface area (Å²) in [5.74, 6) is -0.943. The molecule has 0 heterocycles. The van der Waals surface area contributed by atoms with Gasteiger partial charge >= 0.3 is 5.97 Å².